The zero-order valence-electron chi connectivity index (χ0n) is 36.6. The first-order valence-corrected chi connectivity index (χ1v) is 22.6. The molecule has 9 aromatic carbocycles. The summed E-state index contributed by atoms with van der Waals surface area (Å²) in [7, 11) is 0. The van der Waals surface area contributed by atoms with E-state index in [0.717, 1.165) is 106 Å². The molecule has 4 nitrogen and oxygen atoms in total. The summed E-state index contributed by atoms with van der Waals surface area (Å²) < 4.78 is 0. The highest BCUT2D eigenvalue weighted by atomic mass is 14.9. The summed E-state index contributed by atoms with van der Waals surface area (Å²) in [6, 6.07) is 86.1. The molecule has 4 heteroatoms. The average Bonchev–Trinajstić information content (AvgIpc) is 3.42. The topological polar surface area (TPSA) is 61.7 Å². The SMILES string of the molecule is N=C(/C(=C1\NC(c2ccccc2)=Cc2cc(-c3cccc(-c4nc(-c5ccccc5)cc(-c5cc(-c6ccccc6)cc(-c6ccccc6)c5)n4)c3)ccc21)c1ccccc1)c1ccccc1. The van der Waals surface area contributed by atoms with Gasteiger partial charge in [-0.3, -0.25) is 5.41 Å². The summed E-state index contributed by atoms with van der Waals surface area (Å²) in [5.74, 6) is 0.648. The molecule has 0 saturated heterocycles. The van der Waals surface area contributed by atoms with Crippen LogP contribution in [0, 0.1) is 5.41 Å². The van der Waals surface area contributed by atoms with Crippen LogP contribution < -0.4 is 5.32 Å². The van der Waals surface area contributed by atoms with Crippen LogP contribution in [0.5, 0.6) is 0 Å². The van der Waals surface area contributed by atoms with Crippen molar-refractivity contribution in [1.29, 1.82) is 5.41 Å². The number of aromatic nitrogens is 2. The van der Waals surface area contributed by atoms with Gasteiger partial charge in [-0.15, -0.1) is 0 Å². The van der Waals surface area contributed by atoms with Crippen molar-refractivity contribution in [2.75, 3.05) is 0 Å². The number of nitrogens with zero attached hydrogens (tertiary/aromatic N) is 2. The number of rotatable bonds is 10. The van der Waals surface area contributed by atoms with Gasteiger partial charge in [-0.1, -0.05) is 212 Å². The van der Waals surface area contributed by atoms with E-state index in [4.69, 9.17) is 9.97 Å². The van der Waals surface area contributed by atoms with Gasteiger partial charge in [-0.25, -0.2) is 9.97 Å². The Balaban J connectivity index is 1.05. The van der Waals surface area contributed by atoms with E-state index in [-0.39, 0.29) is 0 Å². The Morgan fingerprint density at radius 3 is 1.39 bits per heavy atom. The number of allylic oxidation sites excluding steroid dienone is 1. The number of hydrogen-bond donors (Lipinski definition) is 2. The van der Waals surface area contributed by atoms with Crippen LogP contribution in [0.4, 0.5) is 0 Å². The molecular weight excluding hydrogens is 813 g/mol. The molecule has 0 bridgehead atoms. The van der Waals surface area contributed by atoms with Crippen molar-refractivity contribution < 1.29 is 0 Å². The Labute approximate surface area is 391 Å². The first-order chi connectivity index (χ1) is 33.1. The van der Waals surface area contributed by atoms with Crippen molar-refractivity contribution in [3.63, 3.8) is 0 Å². The predicted molar refractivity (Wildman–Crippen MR) is 279 cm³/mol. The Bertz CT molecular complexity index is 3400. The molecular formula is C63H44N4. The van der Waals surface area contributed by atoms with Gasteiger partial charge in [0.2, 0.25) is 0 Å². The molecule has 10 aromatic rings. The molecule has 0 aliphatic carbocycles. The van der Waals surface area contributed by atoms with Crippen LogP contribution in [0.25, 0.3) is 90.3 Å². The van der Waals surface area contributed by atoms with Gasteiger partial charge in [0.05, 0.1) is 22.8 Å². The van der Waals surface area contributed by atoms with Gasteiger partial charge in [0.15, 0.2) is 5.82 Å². The highest BCUT2D eigenvalue weighted by molar-refractivity contribution is 6.36. The lowest BCUT2D eigenvalue weighted by molar-refractivity contribution is 1.18. The van der Waals surface area contributed by atoms with Crippen LogP contribution in [0.3, 0.4) is 0 Å². The van der Waals surface area contributed by atoms with Gasteiger partial charge in [-0.05, 0) is 92.5 Å². The summed E-state index contributed by atoms with van der Waals surface area (Å²) in [4.78, 5) is 10.6. The van der Waals surface area contributed by atoms with Gasteiger partial charge in [-0.2, -0.15) is 0 Å². The molecule has 0 radical (unpaired) electrons. The number of hydrogen-bond acceptors (Lipinski definition) is 4. The zero-order valence-corrected chi connectivity index (χ0v) is 36.6. The number of nitrogens with one attached hydrogen (secondary N) is 2. The normalized spacial score (nSPS) is 12.6. The largest absolute Gasteiger partial charge is 0.354 e. The van der Waals surface area contributed by atoms with E-state index >= 15 is 0 Å². The molecule has 2 N–H and O–H groups in total. The quantitative estimate of drug-likeness (QED) is 0.135. The third-order valence-corrected chi connectivity index (χ3v) is 12.3. The minimum absolute atomic E-state index is 0.450. The maximum atomic E-state index is 9.67. The maximum absolute atomic E-state index is 9.67. The van der Waals surface area contributed by atoms with Crippen molar-refractivity contribution >= 4 is 28.8 Å². The Hall–Kier alpha value is -8.99. The molecule has 1 aliphatic rings. The highest BCUT2D eigenvalue weighted by Crippen LogP contribution is 2.39. The van der Waals surface area contributed by atoms with Gasteiger partial charge in [0.25, 0.3) is 0 Å². The average molecular weight is 857 g/mol. The smallest absolute Gasteiger partial charge is 0.160 e. The van der Waals surface area contributed by atoms with Crippen molar-refractivity contribution in [3.05, 3.63) is 277 Å². The third-order valence-electron chi connectivity index (χ3n) is 12.3. The first-order valence-electron chi connectivity index (χ1n) is 22.6. The number of benzene rings is 9. The fourth-order valence-electron chi connectivity index (χ4n) is 8.91. The molecule has 0 saturated carbocycles. The van der Waals surface area contributed by atoms with Crippen LogP contribution in [0.2, 0.25) is 0 Å². The molecule has 2 heterocycles. The summed E-state index contributed by atoms with van der Waals surface area (Å²) >= 11 is 0. The minimum atomic E-state index is 0.450. The molecule has 0 fully saturated rings. The summed E-state index contributed by atoms with van der Waals surface area (Å²) in [6.07, 6.45) is 2.22. The van der Waals surface area contributed by atoms with Gasteiger partial charge in [0, 0.05) is 39.1 Å². The van der Waals surface area contributed by atoms with E-state index in [1.807, 2.05) is 60.7 Å². The maximum Gasteiger partial charge on any atom is 0.160 e. The van der Waals surface area contributed by atoms with Crippen molar-refractivity contribution in [2.45, 2.75) is 0 Å². The Morgan fingerprint density at radius 1 is 0.343 bits per heavy atom. The highest BCUT2D eigenvalue weighted by Gasteiger charge is 2.24. The van der Waals surface area contributed by atoms with Crippen LogP contribution in [-0.2, 0) is 0 Å². The predicted octanol–water partition coefficient (Wildman–Crippen LogP) is 15.5. The van der Waals surface area contributed by atoms with Gasteiger partial charge >= 0.3 is 0 Å². The second kappa shape index (κ2) is 18.2. The summed E-state index contributed by atoms with van der Waals surface area (Å²) in [5, 5.41) is 13.5. The molecule has 67 heavy (non-hydrogen) atoms. The summed E-state index contributed by atoms with van der Waals surface area (Å²) in [5.41, 5.74) is 19.4. The van der Waals surface area contributed by atoms with E-state index < -0.39 is 0 Å². The zero-order chi connectivity index (χ0) is 44.9. The molecule has 0 atom stereocenters. The lowest BCUT2D eigenvalue weighted by Gasteiger charge is -2.26. The van der Waals surface area contributed by atoms with Crippen LogP contribution in [0.1, 0.15) is 27.8 Å². The van der Waals surface area contributed by atoms with E-state index in [9.17, 15) is 5.41 Å². The van der Waals surface area contributed by atoms with Crippen LogP contribution in [-0.4, -0.2) is 15.7 Å². The van der Waals surface area contributed by atoms with Gasteiger partial charge in [0.1, 0.15) is 0 Å². The lowest BCUT2D eigenvalue weighted by atomic mass is 9.87. The second-order valence-electron chi connectivity index (χ2n) is 16.6. The van der Waals surface area contributed by atoms with E-state index in [2.05, 4.69) is 199 Å². The molecule has 11 rings (SSSR count). The van der Waals surface area contributed by atoms with E-state index in [1.165, 1.54) is 0 Å². The van der Waals surface area contributed by atoms with Gasteiger partial charge < -0.3 is 5.32 Å². The summed E-state index contributed by atoms with van der Waals surface area (Å²) in [6.45, 7) is 0. The second-order valence-corrected chi connectivity index (χ2v) is 16.6. The monoisotopic (exact) mass is 856 g/mol. The van der Waals surface area contributed by atoms with Crippen molar-refractivity contribution in [2.24, 2.45) is 0 Å². The number of fused-ring (bicyclic) bond motifs is 1. The van der Waals surface area contributed by atoms with E-state index in [1.54, 1.807) is 0 Å². The van der Waals surface area contributed by atoms with Crippen LogP contribution in [0.15, 0.2) is 249 Å². The minimum Gasteiger partial charge on any atom is -0.354 e. The fourth-order valence-corrected chi connectivity index (χ4v) is 8.91. The third kappa shape index (κ3) is 8.55. The van der Waals surface area contributed by atoms with Crippen molar-refractivity contribution in [1.82, 2.24) is 15.3 Å². The molecule has 0 spiro atoms. The Morgan fingerprint density at radius 2 is 0.791 bits per heavy atom. The molecule has 0 amide bonds. The fraction of sp³-hybridized carbons (Fsp3) is 0. The lowest BCUT2D eigenvalue weighted by Crippen LogP contribution is -2.20. The Kier molecular flexibility index (Phi) is 11.1. The van der Waals surface area contributed by atoms with Crippen LogP contribution >= 0.6 is 0 Å². The molecule has 1 aliphatic heterocycles. The molecule has 0 unspecified atom stereocenters. The standard InChI is InChI=1S/C63H44N4/c64-61(48-30-17-6-18-31-48)60(47-28-15-5-16-29-47)62-56-35-34-50(37-54(56)41-57(65-62)45-24-11-3-12-25-45)49-32-19-33-51(36-49)63-66-58(46-26-13-4-14-27-46)42-59(67-63)55-39-52(43-20-7-1-8-21-43)38-53(40-55)44-22-9-2-10-23-44/h1-42,64-65H/b62-60-,64-61?. The van der Waals surface area contributed by atoms with Crippen molar-refractivity contribution in [3.8, 4) is 67.3 Å². The molecule has 316 valence electrons. The van der Waals surface area contributed by atoms with E-state index in [0.29, 0.717) is 11.5 Å². The molecule has 1 aromatic heterocycles. The first kappa shape index (κ1) is 40.8.